The molecule has 1 aliphatic heterocycles. The summed E-state index contributed by atoms with van der Waals surface area (Å²) in [5.74, 6) is -1.84. The first-order valence-electron chi connectivity index (χ1n) is 11.4. The van der Waals surface area contributed by atoms with Crippen molar-refractivity contribution in [2.24, 2.45) is 0 Å². The van der Waals surface area contributed by atoms with Gasteiger partial charge in [-0.05, 0) is 35.8 Å². The molecule has 1 atom stereocenters. The van der Waals surface area contributed by atoms with Gasteiger partial charge in [0.05, 0.1) is 4.91 Å². The molecule has 3 aromatic rings. The van der Waals surface area contributed by atoms with Crippen molar-refractivity contribution in [1.29, 1.82) is 0 Å². The Bertz CT molecular complexity index is 1380. The number of aromatic nitrogens is 1. The molecule has 1 unspecified atom stereocenters. The van der Waals surface area contributed by atoms with Crippen LogP contribution in [0.2, 0.25) is 0 Å². The van der Waals surface area contributed by atoms with Gasteiger partial charge >= 0.3 is 5.97 Å². The van der Waals surface area contributed by atoms with E-state index in [1.165, 1.54) is 16.7 Å². The third kappa shape index (κ3) is 6.10. The standard InChI is InChI=1S/C27H25N3O4S2/c1-17(13-18-7-3-2-4-8-18)14-23-25(32)30(27(35)36-23)12-11-24(31)29-22(26(33)34)15-19-16-28-21-10-6-5-9-20(19)21/h2-10,13-14,16,22,28H,11-12,15H2,1H3,(H,29,31)(H,33,34)/b17-13+,23-14-. The number of thiocarbonyl (C=S) groups is 1. The monoisotopic (exact) mass is 519 g/mol. The first-order valence-corrected chi connectivity index (χ1v) is 12.6. The molecule has 9 heteroatoms. The van der Waals surface area contributed by atoms with Gasteiger partial charge in [0, 0.05) is 36.5 Å². The quantitative estimate of drug-likeness (QED) is 0.284. The fourth-order valence-corrected chi connectivity index (χ4v) is 5.31. The maximum atomic E-state index is 12.9. The van der Waals surface area contributed by atoms with E-state index in [4.69, 9.17) is 12.2 Å². The molecule has 4 rings (SSSR count). The second kappa shape index (κ2) is 11.4. The lowest BCUT2D eigenvalue weighted by Gasteiger charge is -2.17. The van der Waals surface area contributed by atoms with Gasteiger partial charge in [0.15, 0.2) is 0 Å². The molecule has 1 aromatic heterocycles. The van der Waals surface area contributed by atoms with E-state index in [0.717, 1.165) is 27.6 Å². The van der Waals surface area contributed by atoms with E-state index in [2.05, 4.69) is 10.3 Å². The second-order valence-electron chi connectivity index (χ2n) is 8.40. The van der Waals surface area contributed by atoms with Crippen LogP contribution < -0.4 is 5.32 Å². The summed E-state index contributed by atoms with van der Waals surface area (Å²) in [6.07, 6.45) is 5.60. The lowest BCUT2D eigenvalue weighted by molar-refractivity contribution is -0.141. The van der Waals surface area contributed by atoms with Gasteiger partial charge in [0.1, 0.15) is 10.4 Å². The highest BCUT2D eigenvalue weighted by Crippen LogP contribution is 2.32. The van der Waals surface area contributed by atoms with Crippen molar-refractivity contribution in [2.75, 3.05) is 6.54 Å². The molecular formula is C27H25N3O4S2. The van der Waals surface area contributed by atoms with Crippen LogP contribution in [0.3, 0.4) is 0 Å². The number of carbonyl (C=O) groups is 3. The number of H-pyrrole nitrogens is 1. The van der Waals surface area contributed by atoms with Crippen LogP contribution in [0.5, 0.6) is 0 Å². The summed E-state index contributed by atoms with van der Waals surface area (Å²) in [5.41, 5.74) is 3.64. The third-order valence-electron chi connectivity index (χ3n) is 5.72. The van der Waals surface area contributed by atoms with Crippen LogP contribution in [-0.2, 0) is 20.8 Å². The van der Waals surface area contributed by atoms with Crippen molar-refractivity contribution in [3.05, 3.63) is 88.5 Å². The van der Waals surface area contributed by atoms with Gasteiger partial charge in [-0.15, -0.1) is 0 Å². The number of para-hydroxylation sites is 1. The molecule has 1 saturated heterocycles. The first-order chi connectivity index (χ1) is 17.3. The van der Waals surface area contributed by atoms with Crippen molar-refractivity contribution in [2.45, 2.75) is 25.8 Å². The van der Waals surface area contributed by atoms with Crippen molar-refractivity contribution in [3.63, 3.8) is 0 Å². The number of thioether (sulfide) groups is 1. The number of hydrogen-bond acceptors (Lipinski definition) is 5. The maximum absolute atomic E-state index is 12.9. The number of aliphatic carboxylic acids is 1. The molecule has 1 aliphatic rings. The summed E-state index contributed by atoms with van der Waals surface area (Å²) in [4.78, 5) is 42.3. The fourth-order valence-electron chi connectivity index (χ4n) is 3.95. The number of carboxylic acid groups (broad SMARTS) is 1. The molecule has 2 heterocycles. The van der Waals surface area contributed by atoms with E-state index < -0.39 is 17.9 Å². The van der Waals surface area contributed by atoms with Gasteiger partial charge in [-0.2, -0.15) is 0 Å². The van der Waals surface area contributed by atoms with E-state index in [-0.39, 0.29) is 25.3 Å². The zero-order chi connectivity index (χ0) is 25.7. The Balaban J connectivity index is 1.35. The number of carboxylic acids is 1. The molecule has 2 aromatic carbocycles. The largest absolute Gasteiger partial charge is 0.480 e. The minimum Gasteiger partial charge on any atom is -0.480 e. The summed E-state index contributed by atoms with van der Waals surface area (Å²) in [7, 11) is 0. The summed E-state index contributed by atoms with van der Waals surface area (Å²) in [5, 5.41) is 13.2. The van der Waals surface area contributed by atoms with Gasteiger partial charge in [-0.25, -0.2) is 4.79 Å². The van der Waals surface area contributed by atoms with Crippen LogP contribution >= 0.6 is 24.0 Å². The maximum Gasteiger partial charge on any atom is 0.326 e. The fraction of sp³-hybridized carbons (Fsp3) is 0.185. The molecule has 2 amide bonds. The SMILES string of the molecule is CC(/C=C1\SC(=S)N(CCC(=O)NC(Cc2c[nH]c3ccccc23)C(=O)O)C1=O)=C\c1ccccc1. The van der Waals surface area contributed by atoms with Crippen molar-refractivity contribution in [3.8, 4) is 0 Å². The highest BCUT2D eigenvalue weighted by Gasteiger charge is 2.32. The molecule has 0 bridgehead atoms. The highest BCUT2D eigenvalue weighted by molar-refractivity contribution is 8.26. The predicted molar refractivity (Wildman–Crippen MR) is 146 cm³/mol. The Kier molecular flexibility index (Phi) is 8.02. The zero-order valence-corrected chi connectivity index (χ0v) is 21.2. The molecule has 36 heavy (non-hydrogen) atoms. The molecule has 0 saturated carbocycles. The summed E-state index contributed by atoms with van der Waals surface area (Å²) in [6, 6.07) is 16.3. The first kappa shape index (κ1) is 25.4. The van der Waals surface area contributed by atoms with Gasteiger partial charge in [0.2, 0.25) is 5.91 Å². The van der Waals surface area contributed by atoms with Crippen LogP contribution in [0.25, 0.3) is 17.0 Å². The van der Waals surface area contributed by atoms with Gasteiger partial charge in [-0.1, -0.05) is 78.6 Å². The number of allylic oxidation sites excluding steroid dienone is 2. The van der Waals surface area contributed by atoms with Gasteiger partial charge in [-0.3, -0.25) is 14.5 Å². The number of aromatic amines is 1. The second-order valence-corrected chi connectivity index (χ2v) is 10.1. The van der Waals surface area contributed by atoms with Crippen LogP contribution in [-0.4, -0.2) is 49.7 Å². The molecule has 184 valence electrons. The Hall–Kier alpha value is -3.69. The Morgan fingerprint density at radius 1 is 1.17 bits per heavy atom. The van der Waals surface area contributed by atoms with Crippen LogP contribution in [0.15, 0.2) is 77.3 Å². The molecule has 0 spiro atoms. The van der Waals surface area contributed by atoms with Gasteiger partial charge < -0.3 is 15.4 Å². The van der Waals surface area contributed by atoms with E-state index in [9.17, 15) is 19.5 Å². The Morgan fingerprint density at radius 3 is 2.64 bits per heavy atom. The average molecular weight is 520 g/mol. The zero-order valence-electron chi connectivity index (χ0n) is 19.6. The molecule has 0 aliphatic carbocycles. The number of hydrogen-bond donors (Lipinski definition) is 3. The molecule has 1 fully saturated rings. The average Bonchev–Trinajstić information content (AvgIpc) is 3.37. The van der Waals surface area contributed by atoms with Gasteiger partial charge in [0.25, 0.3) is 5.91 Å². The van der Waals surface area contributed by atoms with Crippen LogP contribution in [0.4, 0.5) is 0 Å². The minimum absolute atomic E-state index is 0.0593. The lowest BCUT2D eigenvalue weighted by atomic mass is 10.0. The van der Waals surface area contributed by atoms with E-state index in [0.29, 0.717) is 9.23 Å². The predicted octanol–water partition coefficient (Wildman–Crippen LogP) is 4.52. The molecule has 7 nitrogen and oxygen atoms in total. The van der Waals surface area contributed by atoms with Crippen molar-refractivity contribution >= 4 is 63.1 Å². The topological polar surface area (TPSA) is 102 Å². The Labute approximate surface area is 218 Å². The molecule has 0 radical (unpaired) electrons. The normalized spacial score (nSPS) is 16.1. The van der Waals surface area contributed by atoms with E-state index in [1.807, 2.05) is 67.6 Å². The van der Waals surface area contributed by atoms with Crippen LogP contribution in [0, 0.1) is 0 Å². The Morgan fingerprint density at radius 2 is 1.89 bits per heavy atom. The number of benzene rings is 2. The number of fused-ring (bicyclic) bond motifs is 1. The lowest BCUT2D eigenvalue weighted by Crippen LogP contribution is -2.43. The van der Waals surface area contributed by atoms with Crippen molar-refractivity contribution < 1.29 is 19.5 Å². The van der Waals surface area contributed by atoms with E-state index >= 15 is 0 Å². The number of nitrogens with one attached hydrogen (secondary N) is 2. The smallest absolute Gasteiger partial charge is 0.326 e. The molecule has 3 N–H and O–H groups in total. The number of nitrogens with zero attached hydrogens (tertiary/aromatic N) is 1. The van der Waals surface area contributed by atoms with Crippen molar-refractivity contribution in [1.82, 2.24) is 15.2 Å². The number of carbonyl (C=O) groups excluding carboxylic acids is 2. The van der Waals surface area contributed by atoms with E-state index in [1.54, 1.807) is 12.3 Å². The highest BCUT2D eigenvalue weighted by atomic mass is 32.2. The number of rotatable bonds is 9. The van der Waals surface area contributed by atoms with Crippen LogP contribution in [0.1, 0.15) is 24.5 Å². The number of amides is 2. The third-order valence-corrected chi connectivity index (χ3v) is 7.10. The summed E-state index contributed by atoms with van der Waals surface area (Å²) in [6.45, 7) is 1.99. The summed E-state index contributed by atoms with van der Waals surface area (Å²) < 4.78 is 0.375. The summed E-state index contributed by atoms with van der Waals surface area (Å²) >= 11 is 6.55. The molecular weight excluding hydrogens is 494 g/mol. The minimum atomic E-state index is -1.12.